The first-order chi connectivity index (χ1) is 10.2. The molecule has 0 aliphatic carbocycles. The van der Waals surface area contributed by atoms with Gasteiger partial charge in [0, 0.05) is 25.3 Å². The van der Waals surface area contributed by atoms with Gasteiger partial charge in [-0.15, -0.1) is 0 Å². The minimum absolute atomic E-state index is 0.220. The van der Waals surface area contributed by atoms with Gasteiger partial charge in [0.2, 0.25) is 0 Å². The van der Waals surface area contributed by atoms with Gasteiger partial charge in [-0.1, -0.05) is 0 Å². The molecule has 1 aromatic heterocycles. The molecule has 0 bridgehead atoms. The maximum atomic E-state index is 11.6. The van der Waals surface area contributed by atoms with Gasteiger partial charge in [-0.25, -0.2) is 9.78 Å². The average molecular weight is 288 g/mol. The lowest BCUT2D eigenvalue weighted by molar-refractivity contribution is 0.0983. The number of pyridine rings is 1. The van der Waals surface area contributed by atoms with E-state index in [-0.39, 0.29) is 12.1 Å². The molecular weight excluding hydrogens is 268 g/mol. The Labute approximate surface area is 124 Å². The maximum absolute atomic E-state index is 11.6. The zero-order valence-electron chi connectivity index (χ0n) is 12.4. The predicted octanol–water partition coefficient (Wildman–Crippen LogP) is 2.29. The molecule has 2 heterocycles. The van der Waals surface area contributed by atoms with Gasteiger partial charge in [-0.3, -0.25) is 0 Å². The molecule has 1 saturated heterocycles. The van der Waals surface area contributed by atoms with E-state index in [0.29, 0.717) is 31.1 Å². The monoisotopic (exact) mass is 288 g/mol. The summed E-state index contributed by atoms with van der Waals surface area (Å²) in [5.41, 5.74) is 1.50. The number of amides is 1. The topological polar surface area (TPSA) is 78.2 Å². The molecule has 112 valence electrons. The fourth-order valence-corrected chi connectivity index (χ4v) is 2.42. The Morgan fingerprint density at radius 3 is 2.90 bits per heavy atom. The van der Waals surface area contributed by atoms with Crippen LogP contribution < -0.4 is 5.32 Å². The van der Waals surface area contributed by atoms with Gasteiger partial charge in [-0.05, 0) is 38.3 Å². The number of aryl methyl sites for hydroxylation is 1. The fourth-order valence-electron chi connectivity index (χ4n) is 2.42. The van der Waals surface area contributed by atoms with Crippen molar-refractivity contribution in [2.45, 2.75) is 32.7 Å². The van der Waals surface area contributed by atoms with Crippen LogP contribution in [0.4, 0.5) is 10.6 Å². The number of likely N-dealkylation sites (tertiary alicyclic amines) is 1. The summed E-state index contributed by atoms with van der Waals surface area (Å²) in [7, 11) is 0. The summed E-state index contributed by atoms with van der Waals surface area (Å²) in [4.78, 5) is 17.6. The lowest BCUT2D eigenvalue weighted by atomic mass is 10.0. The first kappa shape index (κ1) is 15.1. The number of carbonyl (C=O) groups is 1. The number of ether oxygens (including phenoxy) is 1. The number of hydrogen-bond donors (Lipinski definition) is 1. The fraction of sp³-hybridized carbons (Fsp3) is 0.533. The van der Waals surface area contributed by atoms with Crippen LogP contribution >= 0.6 is 0 Å². The predicted molar refractivity (Wildman–Crippen MR) is 78.9 cm³/mol. The lowest BCUT2D eigenvalue weighted by Crippen LogP contribution is -2.42. The van der Waals surface area contributed by atoms with Crippen LogP contribution in [0.3, 0.4) is 0 Å². The Hall–Kier alpha value is -2.29. The second-order valence-corrected chi connectivity index (χ2v) is 5.07. The minimum Gasteiger partial charge on any atom is -0.450 e. The number of hydrogen-bond acceptors (Lipinski definition) is 5. The zero-order valence-corrected chi connectivity index (χ0v) is 12.4. The largest absolute Gasteiger partial charge is 0.450 e. The molecule has 1 fully saturated rings. The smallest absolute Gasteiger partial charge is 0.409 e. The molecule has 1 N–H and O–H groups in total. The summed E-state index contributed by atoms with van der Waals surface area (Å²) in [5.74, 6) is 0.632. The van der Waals surface area contributed by atoms with E-state index in [9.17, 15) is 10.1 Å². The van der Waals surface area contributed by atoms with E-state index in [1.54, 1.807) is 18.0 Å². The van der Waals surface area contributed by atoms with Crippen molar-refractivity contribution in [3.63, 3.8) is 0 Å². The van der Waals surface area contributed by atoms with Gasteiger partial charge < -0.3 is 15.0 Å². The first-order valence-electron chi connectivity index (χ1n) is 7.19. The van der Waals surface area contributed by atoms with E-state index in [0.717, 1.165) is 18.4 Å². The summed E-state index contributed by atoms with van der Waals surface area (Å²) >= 11 is 0. The van der Waals surface area contributed by atoms with E-state index < -0.39 is 0 Å². The summed E-state index contributed by atoms with van der Waals surface area (Å²) in [5, 5.41) is 12.5. The van der Waals surface area contributed by atoms with Crippen molar-refractivity contribution in [2.75, 3.05) is 25.0 Å². The van der Waals surface area contributed by atoms with Crippen LogP contribution in [0.1, 0.15) is 30.9 Å². The molecule has 0 unspecified atom stereocenters. The van der Waals surface area contributed by atoms with E-state index in [1.165, 1.54) is 0 Å². The highest BCUT2D eigenvalue weighted by Gasteiger charge is 2.24. The van der Waals surface area contributed by atoms with Crippen molar-refractivity contribution in [3.05, 3.63) is 23.4 Å². The van der Waals surface area contributed by atoms with Crippen LogP contribution in [0.25, 0.3) is 0 Å². The van der Waals surface area contributed by atoms with Crippen LogP contribution in [0, 0.1) is 18.3 Å². The van der Waals surface area contributed by atoms with E-state index in [4.69, 9.17) is 4.74 Å². The number of aromatic nitrogens is 1. The minimum atomic E-state index is -0.248. The van der Waals surface area contributed by atoms with Crippen LogP contribution in [-0.2, 0) is 4.74 Å². The van der Waals surface area contributed by atoms with Crippen molar-refractivity contribution < 1.29 is 9.53 Å². The number of rotatable bonds is 3. The second-order valence-electron chi connectivity index (χ2n) is 5.07. The quantitative estimate of drug-likeness (QED) is 0.923. The molecule has 6 heteroatoms. The van der Waals surface area contributed by atoms with Gasteiger partial charge in [0.1, 0.15) is 11.9 Å². The molecule has 2 rings (SSSR count). The van der Waals surface area contributed by atoms with Crippen molar-refractivity contribution in [1.82, 2.24) is 9.88 Å². The summed E-state index contributed by atoms with van der Waals surface area (Å²) < 4.78 is 5.00. The molecule has 6 nitrogen and oxygen atoms in total. The van der Waals surface area contributed by atoms with Crippen molar-refractivity contribution >= 4 is 11.9 Å². The highest BCUT2D eigenvalue weighted by atomic mass is 16.6. The Morgan fingerprint density at radius 2 is 2.29 bits per heavy atom. The number of piperidine rings is 1. The molecular formula is C15H20N4O2. The molecule has 21 heavy (non-hydrogen) atoms. The molecule has 0 aromatic carbocycles. The van der Waals surface area contributed by atoms with Gasteiger partial charge in [0.05, 0.1) is 12.2 Å². The third-order valence-electron chi connectivity index (χ3n) is 3.63. The van der Waals surface area contributed by atoms with Crippen molar-refractivity contribution in [2.24, 2.45) is 0 Å². The summed E-state index contributed by atoms with van der Waals surface area (Å²) in [6.07, 6.45) is 3.09. The Kier molecular flexibility index (Phi) is 4.99. The SMILES string of the molecule is CCOC(=O)N1CCC(Nc2nccc(C)c2C#N)CC1. The van der Waals surface area contributed by atoms with Gasteiger partial charge in [0.15, 0.2) is 0 Å². The number of anilines is 1. The van der Waals surface area contributed by atoms with E-state index in [1.807, 2.05) is 13.0 Å². The zero-order chi connectivity index (χ0) is 15.2. The third kappa shape index (κ3) is 3.63. The summed E-state index contributed by atoms with van der Waals surface area (Å²) in [6.45, 7) is 5.41. The van der Waals surface area contributed by atoms with Crippen LogP contribution in [0.15, 0.2) is 12.3 Å². The maximum Gasteiger partial charge on any atom is 0.409 e. The number of nitriles is 1. The normalized spacial score (nSPS) is 15.4. The Bertz CT molecular complexity index is 545. The highest BCUT2D eigenvalue weighted by molar-refractivity contribution is 5.67. The standard InChI is InChI=1S/C15H20N4O2/c1-3-21-15(20)19-8-5-12(6-9-19)18-14-13(10-16)11(2)4-7-17-14/h4,7,12H,3,5-6,8-9H2,1-2H3,(H,17,18). The molecule has 1 aliphatic heterocycles. The van der Waals surface area contributed by atoms with E-state index in [2.05, 4.69) is 16.4 Å². The van der Waals surface area contributed by atoms with Gasteiger partial charge in [-0.2, -0.15) is 5.26 Å². The number of carbonyl (C=O) groups excluding carboxylic acids is 1. The van der Waals surface area contributed by atoms with Crippen molar-refractivity contribution in [3.8, 4) is 6.07 Å². The number of nitrogens with one attached hydrogen (secondary N) is 1. The number of nitrogens with zero attached hydrogens (tertiary/aromatic N) is 3. The average Bonchev–Trinajstić information content (AvgIpc) is 2.48. The molecule has 1 amide bonds. The molecule has 1 aromatic rings. The van der Waals surface area contributed by atoms with Crippen molar-refractivity contribution in [1.29, 1.82) is 5.26 Å². The van der Waals surface area contributed by atoms with Gasteiger partial charge in [0.25, 0.3) is 0 Å². The second kappa shape index (κ2) is 6.93. The van der Waals surface area contributed by atoms with Crippen LogP contribution in [0.5, 0.6) is 0 Å². The molecule has 0 saturated carbocycles. The lowest BCUT2D eigenvalue weighted by Gasteiger charge is -2.32. The Balaban J connectivity index is 1.94. The Morgan fingerprint density at radius 1 is 1.57 bits per heavy atom. The first-order valence-corrected chi connectivity index (χ1v) is 7.19. The van der Waals surface area contributed by atoms with E-state index >= 15 is 0 Å². The molecule has 0 spiro atoms. The summed E-state index contributed by atoms with van der Waals surface area (Å²) in [6, 6.07) is 4.23. The van der Waals surface area contributed by atoms with Crippen LogP contribution in [-0.4, -0.2) is 41.7 Å². The molecule has 0 radical (unpaired) electrons. The highest BCUT2D eigenvalue weighted by Crippen LogP contribution is 2.20. The third-order valence-corrected chi connectivity index (χ3v) is 3.63. The molecule has 0 atom stereocenters. The van der Waals surface area contributed by atoms with Gasteiger partial charge >= 0.3 is 6.09 Å². The molecule has 1 aliphatic rings. The van der Waals surface area contributed by atoms with Crippen LogP contribution in [0.2, 0.25) is 0 Å².